The Kier molecular flexibility index (Phi) is 9.26. The van der Waals surface area contributed by atoms with Crippen molar-refractivity contribution in [3.05, 3.63) is 75.8 Å². The molecule has 2 aromatic rings. The number of amides is 2. The Bertz CT molecular complexity index is 1000. The number of hydrogen-bond donors (Lipinski definition) is 3. The lowest BCUT2D eigenvalue weighted by atomic mass is 9.92. The van der Waals surface area contributed by atoms with Crippen LogP contribution >= 0.6 is 0 Å². The molecule has 0 aliphatic carbocycles. The lowest BCUT2D eigenvalue weighted by Gasteiger charge is -2.25. The zero-order valence-electron chi connectivity index (χ0n) is 19.3. The number of esters is 1. The summed E-state index contributed by atoms with van der Waals surface area (Å²) >= 11 is 0. The first-order chi connectivity index (χ1) is 16.0. The molecule has 0 spiro atoms. The van der Waals surface area contributed by atoms with E-state index in [1.807, 2.05) is 30.3 Å². The Labute approximate surface area is 197 Å². The van der Waals surface area contributed by atoms with Crippen LogP contribution in [-0.2, 0) is 20.7 Å². The Morgan fingerprint density at radius 1 is 1.06 bits per heavy atom. The van der Waals surface area contributed by atoms with Gasteiger partial charge in [-0.3, -0.25) is 29.7 Å². The number of carbonyl (C=O) groups is 3. The monoisotopic (exact) mass is 471 g/mol. The van der Waals surface area contributed by atoms with Crippen LogP contribution in [0, 0.1) is 21.4 Å². The summed E-state index contributed by atoms with van der Waals surface area (Å²) in [5.41, 5.74) is 1.76. The number of nitrogens with zero attached hydrogens (tertiary/aromatic N) is 1. The van der Waals surface area contributed by atoms with Crippen LogP contribution in [0.1, 0.15) is 43.1 Å². The van der Waals surface area contributed by atoms with E-state index in [0.29, 0.717) is 0 Å². The van der Waals surface area contributed by atoms with E-state index in [1.54, 1.807) is 26.3 Å². The van der Waals surface area contributed by atoms with Gasteiger partial charge in [-0.2, -0.15) is 0 Å². The molecule has 0 aliphatic rings. The van der Waals surface area contributed by atoms with E-state index in [1.165, 1.54) is 24.3 Å². The second-order valence-electron chi connectivity index (χ2n) is 8.92. The topological polar surface area (TPSA) is 148 Å². The maximum Gasteiger partial charge on any atom is 0.311 e. The minimum Gasteiger partial charge on any atom is -0.463 e. The van der Waals surface area contributed by atoms with Gasteiger partial charge in [0.25, 0.3) is 11.6 Å². The van der Waals surface area contributed by atoms with Crippen molar-refractivity contribution in [3.63, 3.8) is 0 Å². The van der Waals surface area contributed by atoms with Gasteiger partial charge in [0.2, 0.25) is 5.91 Å². The van der Waals surface area contributed by atoms with Gasteiger partial charge in [-0.25, -0.2) is 5.48 Å². The summed E-state index contributed by atoms with van der Waals surface area (Å²) in [5.74, 6) is -2.40. The second kappa shape index (κ2) is 11.9. The van der Waals surface area contributed by atoms with Gasteiger partial charge in [0.05, 0.1) is 16.4 Å². The predicted octanol–water partition coefficient (Wildman–Crippen LogP) is 3.04. The molecular weight excluding hydrogens is 442 g/mol. The van der Waals surface area contributed by atoms with Crippen LogP contribution in [0.5, 0.6) is 0 Å². The summed E-state index contributed by atoms with van der Waals surface area (Å²) in [4.78, 5) is 47.7. The first-order valence-electron chi connectivity index (χ1n) is 10.7. The molecule has 0 aliphatic heterocycles. The smallest absolute Gasteiger partial charge is 0.311 e. The van der Waals surface area contributed by atoms with Crippen molar-refractivity contribution in [1.29, 1.82) is 0 Å². The number of hydroxylamine groups is 1. The van der Waals surface area contributed by atoms with Gasteiger partial charge in [-0.05, 0) is 51.3 Å². The summed E-state index contributed by atoms with van der Waals surface area (Å²) in [6, 6.07) is 13.4. The molecular formula is C24H29N3O7. The highest BCUT2D eigenvalue weighted by atomic mass is 16.6. The van der Waals surface area contributed by atoms with Gasteiger partial charge >= 0.3 is 5.97 Å². The molecule has 2 amide bonds. The molecule has 10 nitrogen and oxygen atoms in total. The van der Waals surface area contributed by atoms with E-state index in [2.05, 4.69) is 5.32 Å². The minimum absolute atomic E-state index is 0.0669. The highest BCUT2D eigenvalue weighted by Crippen LogP contribution is 2.19. The van der Waals surface area contributed by atoms with Gasteiger partial charge in [-0.1, -0.05) is 30.3 Å². The number of carbonyl (C=O) groups excluding carboxylic acids is 3. The molecule has 34 heavy (non-hydrogen) atoms. The number of nitro benzene ring substituents is 1. The Hall–Kier alpha value is -3.79. The summed E-state index contributed by atoms with van der Waals surface area (Å²) in [6.07, 6.45) is 0.349. The molecule has 3 N–H and O–H groups in total. The second-order valence-corrected chi connectivity index (χ2v) is 8.92. The summed E-state index contributed by atoms with van der Waals surface area (Å²) in [5, 5.41) is 22.8. The standard InChI is InChI=1S/C24H29N3O7/c1-24(2,3)23(30)34-15-19(25-21(28)17-9-11-20(12-10-17)27(32)33)14-18(22(29)26-31)13-16-7-5-4-6-8-16/h4-12,18-19,31H,13-15H2,1-3H3,(H,25,28)(H,26,29). The van der Waals surface area contributed by atoms with E-state index in [9.17, 15) is 29.7 Å². The third-order valence-corrected chi connectivity index (χ3v) is 5.08. The fourth-order valence-electron chi connectivity index (χ4n) is 3.18. The number of benzene rings is 2. The lowest BCUT2D eigenvalue weighted by Crippen LogP contribution is -2.43. The molecule has 0 aromatic heterocycles. The van der Waals surface area contributed by atoms with Crippen molar-refractivity contribution in [2.24, 2.45) is 11.3 Å². The zero-order chi connectivity index (χ0) is 25.3. The Morgan fingerprint density at radius 2 is 1.68 bits per heavy atom. The quantitative estimate of drug-likeness (QED) is 0.209. The van der Waals surface area contributed by atoms with Crippen LogP contribution in [0.4, 0.5) is 5.69 Å². The van der Waals surface area contributed by atoms with Crippen LogP contribution in [0.25, 0.3) is 0 Å². The van der Waals surface area contributed by atoms with E-state index in [-0.39, 0.29) is 30.7 Å². The van der Waals surface area contributed by atoms with Crippen molar-refractivity contribution >= 4 is 23.5 Å². The lowest BCUT2D eigenvalue weighted by molar-refractivity contribution is -0.384. The molecule has 10 heteroatoms. The average Bonchev–Trinajstić information content (AvgIpc) is 2.81. The molecule has 0 fully saturated rings. The maximum atomic E-state index is 12.8. The highest BCUT2D eigenvalue weighted by molar-refractivity contribution is 5.94. The molecule has 0 bridgehead atoms. The van der Waals surface area contributed by atoms with Crippen LogP contribution in [-0.4, -0.2) is 40.6 Å². The number of non-ortho nitro benzene ring substituents is 1. The fourth-order valence-corrected chi connectivity index (χ4v) is 3.18. The SMILES string of the molecule is CC(C)(C)C(=O)OCC(CC(Cc1ccccc1)C(=O)NO)NC(=O)c1ccc([N+](=O)[O-])cc1. The summed E-state index contributed by atoms with van der Waals surface area (Å²) in [7, 11) is 0. The first-order valence-corrected chi connectivity index (χ1v) is 10.7. The normalized spacial score (nSPS) is 12.8. The molecule has 0 radical (unpaired) electrons. The zero-order valence-corrected chi connectivity index (χ0v) is 19.3. The largest absolute Gasteiger partial charge is 0.463 e. The number of nitro groups is 1. The van der Waals surface area contributed by atoms with Crippen molar-refractivity contribution in [2.45, 2.75) is 39.7 Å². The summed E-state index contributed by atoms with van der Waals surface area (Å²) < 4.78 is 5.38. The third-order valence-electron chi connectivity index (χ3n) is 5.08. The molecule has 182 valence electrons. The van der Waals surface area contributed by atoms with Gasteiger partial charge in [0, 0.05) is 23.6 Å². The van der Waals surface area contributed by atoms with Crippen LogP contribution in [0.3, 0.4) is 0 Å². The summed E-state index contributed by atoms with van der Waals surface area (Å²) in [6.45, 7) is 4.88. The van der Waals surface area contributed by atoms with E-state index < -0.39 is 40.1 Å². The number of hydrogen-bond acceptors (Lipinski definition) is 7. The first kappa shape index (κ1) is 26.5. The van der Waals surface area contributed by atoms with E-state index in [4.69, 9.17) is 4.74 Å². The van der Waals surface area contributed by atoms with E-state index in [0.717, 1.165) is 5.56 Å². The number of rotatable bonds is 10. The molecule has 2 unspecified atom stereocenters. The van der Waals surface area contributed by atoms with Crippen LogP contribution in [0.15, 0.2) is 54.6 Å². The third kappa shape index (κ3) is 7.96. The average molecular weight is 472 g/mol. The number of nitrogens with one attached hydrogen (secondary N) is 2. The van der Waals surface area contributed by atoms with Crippen LogP contribution < -0.4 is 10.8 Å². The molecule has 2 aromatic carbocycles. The Balaban J connectivity index is 2.21. The van der Waals surface area contributed by atoms with Crippen molar-refractivity contribution in [1.82, 2.24) is 10.8 Å². The van der Waals surface area contributed by atoms with Crippen molar-refractivity contribution in [3.8, 4) is 0 Å². The van der Waals surface area contributed by atoms with Gasteiger partial charge in [-0.15, -0.1) is 0 Å². The van der Waals surface area contributed by atoms with Crippen molar-refractivity contribution < 1.29 is 29.3 Å². The number of ether oxygens (including phenoxy) is 1. The van der Waals surface area contributed by atoms with Crippen LogP contribution in [0.2, 0.25) is 0 Å². The molecule has 0 heterocycles. The minimum atomic E-state index is -0.765. The van der Waals surface area contributed by atoms with Gasteiger partial charge in [0.1, 0.15) is 6.61 Å². The van der Waals surface area contributed by atoms with E-state index >= 15 is 0 Å². The molecule has 2 atom stereocenters. The van der Waals surface area contributed by atoms with Gasteiger partial charge < -0.3 is 10.1 Å². The van der Waals surface area contributed by atoms with Crippen molar-refractivity contribution in [2.75, 3.05) is 6.61 Å². The highest BCUT2D eigenvalue weighted by Gasteiger charge is 2.28. The van der Waals surface area contributed by atoms with Gasteiger partial charge in [0.15, 0.2) is 0 Å². The molecule has 0 saturated carbocycles. The predicted molar refractivity (Wildman–Crippen MR) is 123 cm³/mol. The fraction of sp³-hybridized carbons (Fsp3) is 0.375. The molecule has 0 saturated heterocycles. The Morgan fingerprint density at radius 3 is 2.21 bits per heavy atom. The maximum absolute atomic E-state index is 12.8. The molecule has 2 rings (SSSR count).